The number of fused-ring (bicyclic) bond motifs is 4. The average Bonchev–Trinajstić information content (AvgIpc) is 1.17. The van der Waals surface area contributed by atoms with Gasteiger partial charge in [-0.05, 0) is 155 Å². The van der Waals surface area contributed by atoms with Crippen molar-refractivity contribution in [3.63, 3.8) is 0 Å². The molecule has 662 valence electrons. The van der Waals surface area contributed by atoms with Gasteiger partial charge in [-0.1, -0.05) is 0 Å². The van der Waals surface area contributed by atoms with Crippen molar-refractivity contribution in [3.8, 4) is 17.8 Å². The number of nitrogens with one attached hydrogen (secondary N) is 2. The van der Waals surface area contributed by atoms with E-state index in [1.807, 2.05) is 90.0 Å². The maximum atomic E-state index is 12.7. The number of anilines is 6. The molecular formula is C80H115ClN26O15. The molecule has 0 unspecified atom stereocenters. The van der Waals surface area contributed by atoms with E-state index in [-0.39, 0.29) is 71.9 Å². The number of hydrogen-bond donors (Lipinski definition) is 3. The third-order valence-corrected chi connectivity index (χ3v) is 20.6. The van der Waals surface area contributed by atoms with Crippen LogP contribution in [0.1, 0.15) is 163 Å². The van der Waals surface area contributed by atoms with E-state index in [9.17, 15) is 34.1 Å². The number of nitrogens with two attached hydrogens (primary N) is 1. The number of amides is 6. The van der Waals surface area contributed by atoms with Gasteiger partial charge in [0.2, 0.25) is 5.28 Å². The van der Waals surface area contributed by atoms with E-state index in [2.05, 4.69) is 88.2 Å². The van der Waals surface area contributed by atoms with E-state index in [4.69, 9.17) is 80.1 Å². The van der Waals surface area contributed by atoms with Crippen molar-refractivity contribution in [2.24, 2.45) is 0 Å². The number of halogens is 1. The lowest BCUT2D eigenvalue weighted by molar-refractivity contribution is -0.384. The first kappa shape index (κ1) is 90.1. The van der Waals surface area contributed by atoms with Crippen LogP contribution >= 0.6 is 11.6 Å². The molecule has 0 aromatic carbocycles. The summed E-state index contributed by atoms with van der Waals surface area (Å²) in [5.41, 5.74) is 11.7. The zero-order chi connectivity index (χ0) is 87.9. The second kappa shape index (κ2) is 38.1. The van der Waals surface area contributed by atoms with Gasteiger partial charge in [0, 0.05) is 81.2 Å². The van der Waals surface area contributed by atoms with E-state index in [1.165, 1.54) is 15.6 Å². The molecule has 8 aliphatic rings. The lowest BCUT2D eigenvalue weighted by Crippen LogP contribution is -2.46. The van der Waals surface area contributed by atoms with Crippen molar-refractivity contribution in [2.75, 3.05) is 142 Å². The van der Waals surface area contributed by atoms with Gasteiger partial charge in [-0.15, -0.1) is 0 Å². The Hall–Kier alpha value is -11.2. The number of nitrogen functional groups attached to an aromatic ring is 1. The number of carbonyl (C=O) groups excluding carboxylic acids is 5. The van der Waals surface area contributed by atoms with Crippen LogP contribution in [0, 0.1) is 10.1 Å². The number of nitrogens with zero attached hydrogens (tertiary/aromatic N) is 23. The zero-order valence-corrected chi connectivity index (χ0v) is 73.6. The minimum Gasteiger partial charge on any atom is -0.444 e. The highest BCUT2D eigenvalue weighted by atomic mass is 35.5. The van der Waals surface area contributed by atoms with Gasteiger partial charge in [0.15, 0.2) is 0 Å². The number of carbonyl (C=O) groups is 5. The quantitative estimate of drug-likeness (QED) is 0.0498. The molecule has 6 amide bonds. The van der Waals surface area contributed by atoms with Gasteiger partial charge >= 0.3 is 36.1 Å². The molecule has 0 bridgehead atoms. The molecule has 0 saturated carbocycles. The van der Waals surface area contributed by atoms with Crippen LogP contribution in [-0.2, 0) is 89.8 Å². The molecule has 7 aromatic heterocycles. The Labute approximate surface area is 714 Å². The van der Waals surface area contributed by atoms with E-state index in [1.54, 1.807) is 49.1 Å². The fourth-order valence-corrected chi connectivity index (χ4v) is 14.9. The van der Waals surface area contributed by atoms with Crippen molar-refractivity contribution >= 4 is 82.3 Å². The Balaban J connectivity index is 0.000000150. The van der Waals surface area contributed by atoms with Gasteiger partial charge < -0.3 is 93.5 Å². The molecule has 0 aliphatic carbocycles. The molecule has 0 radical (unpaired) electrons. The highest BCUT2D eigenvalue weighted by Crippen LogP contribution is 2.37. The minimum atomic E-state index is -0.601. The second-order valence-corrected chi connectivity index (χ2v) is 35.3. The van der Waals surface area contributed by atoms with Crippen molar-refractivity contribution in [3.05, 3.63) is 97.6 Å². The zero-order valence-electron chi connectivity index (χ0n) is 72.8. The molecular weight excluding hydrogens is 1600 g/mol. The van der Waals surface area contributed by atoms with Crippen LogP contribution in [0.4, 0.5) is 64.3 Å². The first-order valence-electron chi connectivity index (χ1n) is 41.4. The topological polar surface area (TPSA) is 435 Å². The largest absolute Gasteiger partial charge is 0.444 e. The van der Waals surface area contributed by atoms with Crippen molar-refractivity contribution in [2.45, 2.75) is 216 Å². The minimum absolute atomic E-state index is 0.103. The molecule has 0 spiro atoms. The first-order valence-corrected chi connectivity index (χ1v) is 41.7. The SMILES string of the molecule is CCNC(=O)Nc1cnn(-c2nc3c(c(N4CCOC[C@@H]4C)n2)CCN(C(=O)OC(C)(C)C)C3)c1.C[C@H]1COCCN1c1nc(-n2cc(N)cn2)nc2c1CCN(C(=O)OC(C)(C)C)C2.C[C@H]1COCCN1c1nc(-n2cc([N+](=O)[O-])cn2)nc2c1CCN(C(=O)OC(C)(C)C)C2.C[C@H]1COCCN1c1nc(Cl)nc2c1CCN(C(=O)OC(C)(C)C)C2. The number of ether oxygens (including phenoxy) is 8. The standard InChI is InChI=1S/C23H34N8O4.C20H27N7O5.C20H29N7O3.C17H25ClN4O3/c1-6-24-21(32)26-16-11-25-31(12-16)20-27-18-13-29(22(33)35-23(3,4)5)8-7-17(18)19(28-20)30-9-10-34-14-15(30)2;1-13-12-31-8-7-25(13)17-15-5-6-24(19(28)32-20(2,3)4)11-16(15)22-18(23-17)26-10-14(9-21-26)27(29)30;1-13-12-29-8-7-26(13)17-15-5-6-25(19(28)30-20(2,3)4)11-16(15)23-18(24-17)27-10-14(21)9-22-27;1-11-10-24-8-7-22(11)14-12-5-6-21(16(23)25-17(2,3)4)9-13(12)19-15(18)20-14/h11-12,15H,6-10,13-14H2,1-5H3,(H2,24,26,32);9-10,13H,5-8,11-12H2,1-4H3;9-10,13H,5-8,11-12,21H2,1-4H3;11H,5-10H2,1-4H3/t15-;2*13-;11-/m0000/s1. The lowest BCUT2D eigenvalue weighted by atomic mass is 10.0. The summed E-state index contributed by atoms with van der Waals surface area (Å²) in [6.45, 7) is 44.4. The molecule has 4 atom stereocenters. The third-order valence-electron chi connectivity index (χ3n) is 20.5. The van der Waals surface area contributed by atoms with E-state index < -0.39 is 33.4 Å². The molecule has 4 saturated heterocycles. The summed E-state index contributed by atoms with van der Waals surface area (Å²) in [5.74, 6) is 4.36. The predicted molar refractivity (Wildman–Crippen MR) is 450 cm³/mol. The summed E-state index contributed by atoms with van der Waals surface area (Å²) in [7, 11) is 0. The fourth-order valence-electron chi connectivity index (χ4n) is 14.7. The normalized spacial score (nSPS) is 19.3. The molecule has 8 aliphatic heterocycles. The van der Waals surface area contributed by atoms with E-state index >= 15 is 0 Å². The molecule has 41 nitrogen and oxygen atoms in total. The van der Waals surface area contributed by atoms with Gasteiger partial charge in [-0.2, -0.15) is 34.9 Å². The van der Waals surface area contributed by atoms with Crippen LogP contribution in [0.3, 0.4) is 0 Å². The number of hydrogen-bond acceptors (Lipinski definition) is 31. The van der Waals surface area contributed by atoms with Gasteiger partial charge in [0.1, 0.15) is 58.1 Å². The molecule has 4 fully saturated rings. The number of morpholine rings is 4. The highest BCUT2D eigenvalue weighted by molar-refractivity contribution is 6.28. The van der Waals surface area contributed by atoms with Gasteiger partial charge in [-0.3, -0.25) is 10.1 Å². The maximum Gasteiger partial charge on any atom is 0.410 e. The summed E-state index contributed by atoms with van der Waals surface area (Å²) >= 11 is 6.17. The Kier molecular flexibility index (Phi) is 28.1. The van der Waals surface area contributed by atoms with Crippen molar-refractivity contribution < 1.29 is 66.8 Å². The van der Waals surface area contributed by atoms with Crippen LogP contribution in [-0.4, -0.2) is 282 Å². The van der Waals surface area contributed by atoms with Gasteiger partial charge in [0.25, 0.3) is 17.8 Å². The summed E-state index contributed by atoms with van der Waals surface area (Å²) in [5, 5.41) is 29.4. The number of rotatable bonds is 10. The summed E-state index contributed by atoms with van der Waals surface area (Å²) in [6, 6.07) is 0.359. The number of nitro groups is 1. The molecule has 15 heterocycles. The van der Waals surface area contributed by atoms with Crippen LogP contribution in [0.25, 0.3) is 17.8 Å². The highest BCUT2D eigenvalue weighted by Gasteiger charge is 2.39. The number of aromatic nitrogens is 14. The lowest BCUT2D eigenvalue weighted by Gasteiger charge is -2.37. The van der Waals surface area contributed by atoms with Gasteiger partial charge in [0.05, 0.1) is 167 Å². The monoisotopic (exact) mass is 1710 g/mol. The third kappa shape index (κ3) is 22.9. The summed E-state index contributed by atoms with van der Waals surface area (Å²) < 4.78 is 48.8. The second-order valence-electron chi connectivity index (χ2n) is 34.9. The van der Waals surface area contributed by atoms with Gasteiger partial charge in [-0.25, -0.2) is 58.3 Å². The Morgan fingerprint density at radius 3 is 1.07 bits per heavy atom. The molecule has 42 heteroatoms. The molecule has 7 aromatic rings. The fraction of sp³-hybridized carbons (Fsp3) is 0.625. The molecule has 15 rings (SSSR count). The Morgan fingerprint density at radius 1 is 0.459 bits per heavy atom. The van der Waals surface area contributed by atoms with Crippen LogP contribution in [0.15, 0.2) is 37.2 Å². The Morgan fingerprint density at radius 2 is 0.770 bits per heavy atom. The smallest absolute Gasteiger partial charge is 0.410 e. The van der Waals surface area contributed by atoms with Crippen LogP contribution in [0.5, 0.6) is 0 Å². The summed E-state index contributed by atoms with van der Waals surface area (Å²) in [4.78, 5) is 126. The van der Waals surface area contributed by atoms with E-state index in [0.29, 0.717) is 173 Å². The van der Waals surface area contributed by atoms with Crippen molar-refractivity contribution in [1.82, 2.24) is 94.1 Å². The average molecular weight is 1720 g/mol. The number of urea groups is 1. The first-order chi connectivity index (χ1) is 57.7. The molecule has 4 N–H and O–H groups in total. The van der Waals surface area contributed by atoms with Crippen LogP contribution < -0.4 is 36.0 Å². The molecule has 122 heavy (non-hydrogen) atoms. The van der Waals surface area contributed by atoms with Crippen molar-refractivity contribution in [1.29, 1.82) is 0 Å². The maximum absolute atomic E-state index is 12.7. The Bertz CT molecular complexity index is 4900. The summed E-state index contributed by atoms with van der Waals surface area (Å²) in [6.07, 6.45) is 10.0. The van der Waals surface area contributed by atoms with E-state index in [0.717, 1.165) is 81.9 Å². The van der Waals surface area contributed by atoms with Crippen LogP contribution in [0.2, 0.25) is 5.28 Å². The predicted octanol–water partition coefficient (Wildman–Crippen LogP) is 8.82.